The molecule has 10 heteroatoms. The van der Waals surface area contributed by atoms with Crippen LogP contribution in [-0.4, -0.2) is 31.6 Å². The van der Waals surface area contributed by atoms with Crippen molar-refractivity contribution in [1.82, 2.24) is 16.0 Å². The first kappa shape index (κ1) is 21.6. The fourth-order valence-corrected chi connectivity index (χ4v) is 4.54. The van der Waals surface area contributed by atoms with Gasteiger partial charge in [0.15, 0.2) is 0 Å². The van der Waals surface area contributed by atoms with Crippen molar-refractivity contribution < 1.29 is 23.1 Å². The molecule has 0 bridgehead atoms. The second-order valence-electron chi connectivity index (χ2n) is 7.64. The van der Waals surface area contributed by atoms with E-state index in [4.69, 9.17) is 27.9 Å². The first-order valence-corrected chi connectivity index (χ1v) is 10.3. The molecule has 0 aromatic heterocycles. The third-order valence-electron chi connectivity index (χ3n) is 5.68. The molecule has 3 N–H and O–H groups in total. The van der Waals surface area contributed by atoms with E-state index < -0.39 is 41.1 Å². The highest BCUT2D eigenvalue weighted by Gasteiger charge is 2.48. The fraction of sp³-hybridized carbons (Fsp3) is 0.333. The standard InChI is InChI=1S/C21H19Cl2F2N3O3/c1-31-11-7-15(24)17(16(25)8-11)12-9-26-19(29)18(12)27-20(30)28-21(4-5-21)13-3-2-10(22)6-14(13)23/h2-3,6-8,12,18H,4-5,9H2,1H3,(H,26,29)(H2,27,28,30)/t12-,18-/m0/s1. The zero-order chi connectivity index (χ0) is 22.3. The zero-order valence-corrected chi connectivity index (χ0v) is 17.9. The Morgan fingerprint density at radius 1 is 1.19 bits per heavy atom. The maximum absolute atomic E-state index is 14.6. The quantitative estimate of drug-likeness (QED) is 0.622. The Bertz CT molecular complexity index is 1040. The molecule has 2 atom stereocenters. The summed E-state index contributed by atoms with van der Waals surface area (Å²) in [6.07, 6.45) is 1.31. The molecule has 6 nitrogen and oxygen atoms in total. The minimum atomic E-state index is -1.14. The Labute approximate surface area is 187 Å². The van der Waals surface area contributed by atoms with E-state index >= 15 is 0 Å². The van der Waals surface area contributed by atoms with Crippen molar-refractivity contribution in [1.29, 1.82) is 0 Å². The number of ether oxygens (including phenoxy) is 1. The minimum Gasteiger partial charge on any atom is -0.497 e. The molecule has 164 valence electrons. The molecular weight excluding hydrogens is 451 g/mol. The van der Waals surface area contributed by atoms with Gasteiger partial charge in [-0.3, -0.25) is 4.79 Å². The second kappa shape index (κ2) is 8.16. The molecule has 1 saturated heterocycles. The fourth-order valence-electron chi connectivity index (χ4n) is 3.95. The van der Waals surface area contributed by atoms with Crippen LogP contribution in [0.5, 0.6) is 5.75 Å². The zero-order valence-electron chi connectivity index (χ0n) is 16.4. The van der Waals surface area contributed by atoms with Crippen LogP contribution in [-0.2, 0) is 10.3 Å². The Hall–Kier alpha value is -2.58. The second-order valence-corrected chi connectivity index (χ2v) is 8.48. The summed E-state index contributed by atoms with van der Waals surface area (Å²) in [5.41, 5.74) is -0.243. The summed E-state index contributed by atoms with van der Waals surface area (Å²) in [5.74, 6) is -3.12. The number of carbonyl (C=O) groups is 2. The van der Waals surface area contributed by atoms with Crippen molar-refractivity contribution in [2.75, 3.05) is 13.7 Å². The van der Waals surface area contributed by atoms with Gasteiger partial charge in [-0.1, -0.05) is 29.3 Å². The first-order chi connectivity index (χ1) is 14.7. The summed E-state index contributed by atoms with van der Waals surface area (Å²) >= 11 is 12.2. The van der Waals surface area contributed by atoms with Crippen molar-refractivity contribution in [3.05, 3.63) is 63.1 Å². The average molecular weight is 470 g/mol. The van der Waals surface area contributed by atoms with Gasteiger partial charge in [-0.2, -0.15) is 0 Å². The van der Waals surface area contributed by atoms with Gasteiger partial charge in [0.2, 0.25) is 5.91 Å². The maximum Gasteiger partial charge on any atom is 0.316 e. The first-order valence-electron chi connectivity index (χ1n) is 9.59. The van der Waals surface area contributed by atoms with Gasteiger partial charge in [-0.15, -0.1) is 0 Å². The van der Waals surface area contributed by atoms with Gasteiger partial charge < -0.3 is 20.7 Å². The lowest BCUT2D eigenvalue weighted by Crippen LogP contribution is -2.50. The van der Waals surface area contributed by atoms with E-state index in [1.165, 1.54) is 7.11 Å². The van der Waals surface area contributed by atoms with E-state index in [1.54, 1.807) is 18.2 Å². The Morgan fingerprint density at radius 3 is 2.45 bits per heavy atom. The molecule has 31 heavy (non-hydrogen) atoms. The van der Waals surface area contributed by atoms with Crippen LogP contribution < -0.4 is 20.7 Å². The highest BCUT2D eigenvalue weighted by atomic mass is 35.5. The van der Waals surface area contributed by atoms with Gasteiger partial charge in [0.05, 0.1) is 12.6 Å². The Balaban J connectivity index is 1.53. The lowest BCUT2D eigenvalue weighted by Gasteiger charge is -2.24. The molecule has 1 aliphatic carbocycles. The lowest BCUT2D eigenvalue weighted by atomic mass is 9.92. The van der Waals surface area contributed by atoms with Gasteiger partial charge in [0, 0.05) is 40.2 Å². The van der Waals surface area contributed by atoms with Crippen molar-refractivity contribution in [2.24, 2.45) is 0 Å². The Kier molecular flexibility index (Phi) is 5.70. The topological polar surface area (TPSA) is 79.5 Å². The van der Waals surface area contributed by atoms with Gasteiger partial charge >= 0.3 is 6.03 Å². The molecule has 2 aromatic carbocycles. The van der Waals surface area contributed by atoms with Crippen LogP contribution in [0.25, 0.3) is 0 Å². The van der Waals surface area contributed by atoms with E-state index in [1.807, 2.05) is 0 Å². The van der Waals surface area contributed by atoms with Crippen LogP contribution in [0.3, 0.4) is 0 Å². The van der Waals surface area contributed by atoms with Crippen LogP contribution in [0.1, 0.15) is 29.9 Å². The van der Waals surface area contributed by atoms with Crippen LogP contribution in [0.4, 0.5) is 13.6 Å². The van der Waals surface area contributed by atoms with Crippen molar-refractivity contribution >= 4 is 35.1 Å². The molecule has 1 saturated carbocycles. The predicted molar refractivity (Wildman–Crippen MR) is 111 cm³/mol. The summed E-state index contributed by atoms with van der Waals surface area (Å²) in [4.78, 5) is 25.0. The summed E-state index contributed by atoms with van der Waals surface area (Å²) in [7, 11) is 1.30. The van der Waals surface area contributed by atoms with Crippen LogP contribution in [0.2, 0.25) is 10.0 Å². The molecule has 1 aliphatic heterocycles. The number of halogens is 4. The lowest BCUT2D eigenvalue weighted by molar-refractivity contribution is -0.120. The molecule has 2 fully saturated rings. The van der Waals surface area contributed by atoms with E-state index in [2.05, 4.69) is 16.0 Å². The number of benzene rings is 2. The monoisotopic (exact) mass is 469 g/mol. The van der Waals surface area contributed by atoms with Crippen LogP contribution in [0, 0.1) is 11.6 Å². The molecule has 2 aromatic rings. The smallest absolute Gasteiger partial charge is 0.316 e. The normalized spacial score (nSPS) is 21.4. The summed E-state index contributed by atoms with van der Waals surface area (Å²) in [5, 5.41) is 8.85. The van der Waals surface area contributed by atoms with E-state index in [9.17, 15) is 18.4 Å². The minimum absolute atomic E-state index is 0.0158. The summed E-state index contributed by atoms with van der Waals surface area (Å²) < 4.78 is 34.0. The van der Waals surface area contributed by atoms with Gasteiger partial charge in [0.1, 0.15) is 23.4 Å². The van der Waals surface area contributed by atoms with Crippen molar-refractivity contribution in [3.63, 3.8) is 0 Å². The molecule has 3 amide bonds. The average Bonchev–Trinajstić information content (AvgIpc) is 3.39. The van der Waals surface area contributed by atoms with Crippen LogP contribution >= 0.6 is 23.2 Å². The largest absolute Gasteiger partial charge is 0.497 e. The van der Waals surface area contributed by atoms with Crippen molar-refractivity contribution in [3.8, 4) is 5.75 Å². The molecule has 1 heterocycles. The predicted octanol–water partition coefficient (Wildman–Crippen LogP) is 3.85. The number of urea groups is 1. The highest BCUT2D eigenvalue weighted by Crippen LogP contribution is 2.48. The molecule has 0 spiro atoms. The Morgan fingerprint density at radius 2 is 1.87 bits per heavy atom. The molecular formula is C21H19Cl2F2N3O3. The van der Waals surface area contributed by atoms with Gasteiger partial charge in [0.25, 0.3) is 0 Å². The number of carbonyl (C=O) groups excluding carboxylic acids is 2. The number of amides is 3. The third-order valence-corrected chi connectivity index (χ3v) is 6.22. The molecule has 0 radical (unpaired) electrons. The number of hydrogen-bond donors (Lipinski definition) is 3. The van der Waals surface area contributed by atoms with Gasteiger partial charge in [-0.25, -0.2) is 13.6 Å². The third kappa shape index (κ3) is 4.14. The number of hydrogen-bond acceptors (Lipinski definition) is 3. The summed E-state index contributed by atoms with van der Waals surface area (Å²) in [6, 6.07) is 5.32. The van der Waals surface area contributed by atoms with Crippen LogP contribution in [0.15, 0.2) is 30.3 Å². The molecule has 0 unspecified atom stereocenters. The molecule has 2 aliphatic rings. The SMILES string of the molecule is COc1cc(F)c([C@@H]2CNC(=O)[C@H]2NC(=O)NC2(c3ccc(Cl)cc3Cl)CC2)c(F)c1. The van der Waals surface area contributed by atoms with E-state index in [0.29, 0.717) is 28.5 Å². The maximum atomic E-state index is 14.6. The molecule has 4 rings (SSSR count). The van der Waals surface area contributed by atoms with E-state index in [0.717, 1.165) is 12.1 Å². The number of methoxy groups -OCH3 is 1. The van der Waals surface area contributed by atoms with Gasteiger partial charge in [-0.05, 0) is 30.5 Å². The summed E-state index contributed by atoms with van der Waals surface area (Å²) in [6.45, 7) is -0.0158. The number of rotatable bonds is 5. The highest BCUT2D eigenvalue weighted by molar-refractivity contribution is 6.35. The van der Waals surface area contributed by atoms with E-state index in [-0.39, 0.29) is 17.9 Å². The number of nitrogens with one attached hydrogen (secondary N) is 3. The van der Waals surface area contributed by atoms with Crippen molar-refractivity contribution in [2.45, 2.75) is 30.3 Å².